The van der Waals surface area contributed by atoms with E-state index in [0.29, 0.717) is 0 Å². The molecule has 0 saturated carbocycles. The molecule has 0 heterocycles. The Morgan fingerprint density at radius 3 is 2.25 bits per heavy atom. The van der Waals surface area contributed by atoms with Gasteiger partial charge in [0.05, 0.1) is 3.57 Å². The van der Waals surface area contributed by atoms with Crippen LogP contribution in [-0.4, -0.2) is 8.32 Å². The van der Waals surface area contributed by atoms with Crippen LogP contribution in [0.5, 0.6) is 5.75 Å². The van der Waals surface area contributed by atoms with Crippen molar-refractivity contribution in [1.82, 2.24) is 0 Å². The van der Waals surface area contributed by atoms with Crippen molar-refractivity contribution in [2.24, 2.45) is 0 Å². The van der Waals surface area contributed by atoms with E-state index >= 15 is 0 Å². The van der Waals surface area contributed by atoms with Crippen LogP contribution >= 0.6 is 34.2 Å². The number of hydrogen-bond donors (Lipinski definition) is 0. The van der Waals surface area contributed by atoms with Crippen LogP contribution in [0, 0.1) is 3.57 Å². The second kappa shape index (κ2) is 4.86. The summed E-state index contributed by atoms with van der Waals surface area (Å²) in [5.41, 5.74) is 0. The van der Waals surface area contributed by atoms with Gasteiger partial charge in [-0.05, 0) is 58.9 Å². The first-order chi connectivity index (χ1) is 7.13. The molecule has 1 aromatic rings. The summed E-state index contributed by atoms with van der Waals surface area (Å²) in [7, 11) is -1.74. The predicted molar refractivity (Wildman–Crippen MR) is 82.0 cm³/mol. The van der Waals surface area contributed by atoms with Crippen molar-refractivity contribution in [3.63, 3.8) is 0 Å². The van der Waals surface area contributed by atoms with Gasteiger partial charge in [0.15, 0.2) is 0 Å². The van der Waals surface area contributed by atoms with Crippen molar-refractivity contribution < 1.29 is 4.43 Å². The molecule has 0 radical (unpaired) electrons. The summed E-state index contributed by atoms with van der Waals surface area (Å²) < 4.78 is 7.30. The lowest BCUT2D eigenvalue weighted by molar-refractivity contribution is 0.489. The fourth-order valence-corrected chi connectivity index (χ4v) is 3.21. The third-order valence-corrected chi connectivity index (χ3v) is 8.49. The second-order valence-electron chi connectivity index (χ2n) is 5.44. The normalized spacial score (nSPS) is 12.7. The maximum atomic E-state index is 6.22. The molecule has 0 aliphatic rings. The zero-order valence-corrected chi connectivity index (χ0v) is 14.3. The molecule has 0 spiro atoms. The summed E-state index contributed by atoms with van der Waals surface area (Å²) in [6.45, 7) is 11.2. The molecule has 16 heavy (non-hydrogen) atoms. The lowest BCUT2D eigenvalue weighted by Crippen LogP contribution is -2.44. The molecule has 0 N–H and O–H groups in total. The summed E-state index contributed by atoms with van der Waals surface area (Å²) in [6, 6.07) is 5.78. The van der Waals surface area contributed by atoms with Gasteiger partial charge in [0.1, 0.15) is 5.75 Å². The minimum Gasteiger partial charge on any atom is -0.543 e. The number of benzene rings is 1. The van der Waals surface area contributed by atoms with Crippen molar-refractivity contribution in [1.29, 1.82) is 0 Å². The molecule has 0 atom stereocenters. The van der Waals surface area contributed by atoms with E-state index in [4.69, 9.17) is 16.0 Å². The van der Waals surface area contributed by atoms with Crippen molar-refractivity contribution >= 4 is 42.5 Å². The zero-order valence-electron chi connectivity index (χ0n) is 10.4. The van der Waals surface area contributed by atoms with E-state index in [2.05, 4.69) is 56.5 Å². The Bertz CT molecular complexity index is 385. The average Bonchev–Trinajstić information content (AvgIpc) is 2.08. The largest absolute Gasteiger partial charge is 0.543 e. The molecule has 1 aromatic carbocycles. The SMILES string of the molecule is CC(C)(C)[Si](C)(C)Oc1ccc(Cl)cc1I. The van der Waals surface area contributed by atoms with Gasteiger partial charge in [-0.25, -0.2) is 0 Å². The van der Waals surface area contributed by atoms with Crippen LogP contribution in [0.4, 0.5) is 0 Å². The summed E-state index contributed by atoms with van der Waals surface area (Å²) in [6.07, 6.45) is 0. The lowest BCUT2D eigenvalue weighted by atomic mass is 10.2. The first kappa shape index (κ1) is 14.3. The summed E-state index contributed by atoms with van der Waals surface area (Å²) >= 11 is 8.20. The fourth-order valence-electron chi connectivity index (χ4n) is 0.986. The van der Waals surface area contributed by atoms with Gasteiger partial charge in [-0.2, -0.15) is 0 Å². The minimum absolute atomic E-state index is 0.218. The molecular formula is C12H18ClIOSi. The van der Waals surface area contributed by atoms with E-state index in [0.717, 1.165) is 14.3 Å². The van der Waals surface area contributed by atoms with Gasteiger partial charge in [0.2, 0.25) is 0 Å². The Morgan fingerprint density at radius 2 is 1.81 bits per heavy atom. The fraction of sp³-hybridized carbons (Fsp3) is 0.500. The highest BCUT2D eigenvalue weighted by Crippen LogP contribution is 2.38. The molecule has 1 nitrogen and oxygen atoms in total. The molecule has 0 unspecified atom stereocenters. The monoisotopic (exact) mass is 368 g/mol. The van der Waals surface area contributed by atoms with Crippen molar-refractivity contribution in [3.8, 4) is 5.75 Å². The maximum absolute atomic E-state index is 6.22. The minimum atomic E-state index is -1.74. The molecule has 0 aromatic heterocycles. The molecule has 0 bridgehead atoms. The van der Waals surface area contributed by atoms with Gasteiger partial charge in [0.25, 0.3) is 8.32 Å². The van der Waals surface area contributed by atoms with Crippen LogP contribution in [0.1, 0.15) is 20.8 Å². The van der Waals surface area contributed by atoms with Gasteiger partial charge in [-0.1, -0.05) is 32.4 Å². The number of rotatable bonds is 2. The highest BCUT2D eigenvalue weighted by Gasteiger charge is 2.39. The van der Waals surface area contributed by atoms with Crippen molar-refractivity contribution in [2.75, 3.05) is 0 Å². The first-order valence-electron chi connectivity index (χ1n) is 5.27. The highest BCUT2D eigenvalue weighted by atomic mass is 127. The average molecular weight is 369 g/mol. The molecule has 0 aliphatic carbocycles. The van der Waals surface area contributed by atoms with Crippen LogP contribution < -0.4 is 4.43 Å². The standard InChI is InChI=1S/C12H18ClIOSi/c1-12(2,3)16(4,5)15-11-7-6-9(13)8-10(11)14/h6-8H,1-5H3. The van der Waals surface area contributed by atoms with E-state index in [1.807, 2.05) is 18.2 Å². The molecule has 0 saturated heterocycles. The summed E-state index contributed by atoms with van der Waals surface area (Å²) in [5.74, 6) is 0.955. The van der Waals surface area contributed by atoms with E-state index in [-0.39, 0.29) is 5.04 Å². The van der Waals surface area contributed by atoms with Crippen LogP contribution in [0.15, 0.2) is 18.2 Å². The van der Waals surface area contributed by atoms with E-state index in [1.54, 1.807) is 0 Å². The third kappa shape index (κ3) is 3.37. The highest BCUT2D eigenvalue weighted by molar-refractivity contribution is 14.1. The number of hydrogen-bond acceptors (Lipinski definition) is 1. The van der Waals surface area contributed by atoms with E-state index < -0.39 is 8.32 Å². The number of halogens is 2. The Balaban J connectivity index is 2.97. The third-order valence-electron chi connectivity index (χ3n) is 3.07. The molecule has 4 heteroatoms. The van der Waals surface area contributed by atoms with Gasteiger partial charge in [0, 0.05) is 5.02 Å². The van der Waals surface area contributed by atoms with Crippen molar-refractivity contribution in [3.05, 3.63) is 26.8 Å². The first-order valence-corrected chi connectivity index (χ1v) is 9.64. The molecule has 1 rings (SSSR count). The van der Waals surface area contributed by atoms with Gasteiger partial charge < -0.3 is 4.43 Å². The van der Waals surface area contributed by atoms with Crippen LogP contribution in [0.25, 0.3) is 0 Å². The molecule has 90 valence electrons. The lowest BCUT2D eigenvalue weighted by Gasteiger charge is -2.36. The summed E-state index contributed by atoms with van der Waals surface area (Å²) in [4.78, 5) is 0. The topological polar surface area (TPSA) is 9.23 Å². The van der Waals surface area contributed by atoms with Crippen molar-refractivity contribution in [2.45, 2.75) is 38.9 Å². The Labute approximate surface area is 118 Å². The van der Waals surface area contributed by atoms with Crippen LogP contribution in [0.2, 0.25) is 23.2 Å². The zero-order chi connectivity index (χ0) is 12.6. The van der Waals surface area contributed by atoms with Crippen LogP contribution in [0.3, 0.4) is 0 Å². The molecule has 0 aliphatic heterocycles. The van der Waals surface area contributed by atoms with E-state index in [9.17, 15) is 0 Å². The second-order valence-corrected chi connectivity index (χ2v) is 11.8. The Kier molecular flexibility index (Phi) is 4.35. The smallest absolute Gasteiger partial charge is 0.250 e. The quantitative estimate of drug-likeness (QED) is 0.506. The van der Waals surface area contributed by atoms with Gasteiger partial charge >= 0.3 is 0 Å². The Morgan fingerprint density at radius 1 is 1.25 bits per heavy atom. The van der Waals surface area contributed by atoms with Gasteiger partial charge in [-0.15, -0.1) is 0 Å². The molecule has 0 fully saturated rings. The molecular weight excluding hydrogens is 351 g/mol. The van der Waals surface area contributed by atoms with Crippen LogP contribution in [-0.2, 0) is 0 Å². The van der Waals surface area contributed by atoms with E-state index in [1.165, 1.54) is 0 Å². The maximum Gasteiger partial charge on any atom is 0.250 e. The molecule has 0 amide bonds. The van der Waals surface area contributed by atoms with Gasteiger partial charge in [-0.3, -0.25) is 0 Å². The predicted octanol–water partition coefficient (Wildman–Crippen LogP) is 5.33. The summed E-state index contributed by atoms with van der Waals surface area (Å²) in [5, 5.41) is 0.974. The Hall–Kier alpha value is 0.257.